The van der Waals surface area contributed by atoms with Crippen LogP contribution in [0.5, 0.6) is 0 Å². The van der Waals surface area contributed by atoms with Gasteiger partial charge in [-0.25, -0.2) is 5.48 Å². The molecule has 88 valence electrons. The number of methoxy groups -OCH3 is 1. The minimum absolute atomic E-state index is 0.186. The molecule has 2 rings (SSSR count). The molecular weight excluding hydrogens is 202 g/mol. The van der Waals surface area contributed by atoms with Crippen LogP contribution in [0.1, 0.15) is 30.4 Å². The number of hydrogen-bond donors (Lipinski definition) is 2. The Kier molecular flexibility index (Phi) is 3.59. The molecular formula is C13H19NO2. The highest BCUT2D eigenvalue weighted by molar-refractivity contribution is 5.23. The first-order chi connectivity index (χ1) is 7.78. The molecule has 3 nitrogen and oxygen atoms in total. The zero-order valence-corrected chi connectivity index (χ0v) is 9.70. The highest BCUT2D eigenvalue weighted by atomic mass is 16.5. The van der Waals surface area contributed by atoms with Gasteiger partial charge in [0.25, 0.3) is 0 Å². The molecule has 0 radical (unpaired) electrons. The van der Waals surface area contributed by atoms with Gasteiger partial charge in [-0.2, -0.15) is 0 Å². The molecule has 0 aliphatic heterocycles. The smallest absolute Gasteiger partial charge is 0.0684 e. The summed E-state index contributed by atoms with van der Waals surface area (Å²) in [5, 5.41) is 8.57. The highest BCUT2D eigenvalue weighted by Gasteiger charge is 2.42. The van der Waals surface area contributed by atoms with E-state index in [9.17, 15) is 0 Å². The Labute approximate surface area is 96.4 Å². The number of ether oxygens (including phenoxy) is 1. The fourth-order valence-corrected chi connectivity index (χ4v) is 1.98. The molecule has 0 spiro atoms. The molecule has 2 N–H and O–H groups in total. The fraction of sp³-hybridized carbons (Fsp3) is 0.538. The lowest BCUT2D eigenvalue weighted by Gasteiger charge is -2.12. The van der Waals surface area contributed by atoms with Crippen LogP contribution in [-0.4, -0.2) is 17.9 Å². The summed E-state index contributed by atoms with van der Waals surface area (Å²) < 4.78 is 5.49. The Morgan fingerprint density at radius 1 is 1.25 bits per heavy atom. The summed E-state index contributed by atoms with van der Waals surface area (Å²) in [5.41, 5.74) is 4.78. The average molecular weight is 221 g/mol. The van der Waals surface area contributed by atoms with Crippen molar-refractivity contribution < 1.29 is 9.94 Å². The summed E-state index contributed by atoms with van der Waals surface area (Å²) in [4.78, 5) is 0. The molecule has 0 bridgehead atoms. The second kappa shape index (κ2) is 4.95. The second-order valence-electron chi connectivity index (χ2n) is 4.54. The van der Waals surface area contributed by atoms with Gasteiger partial charge in [0.2, 0.25) is 0 Å². The summed E-state index contributed by atoms with van der Waals surface area (Å²) in [7, 11) is 1.81. The summed E-state index contributed by atoms with van der Waals surface area (Å²) in [6.07, 6.45) is 4.59. The molecule has 0 unspecified atom stereocenters. The van der Waals surface area contributed by atoms with Crippen molar-refractivity contribution in [1.82, 2.24) is 5.48 Å². The van der Waals surface area contributed by atoms with E-state index < -0.39 is 0 Å². The van der Waals surface area contributed by atoms with Crippen LogP contribution in [0.15, 0.2) is 24.3 Å². The van der Waals surface area contributed by atoms with Gasteiger partial charge in [0.15, 0.2) is 0 Å². The number of benzene rings is 1. The first-order valence-electron chi connectivity index (χ1n) is 5.78. The number of rotatable bonds is 6. The standard InChI is InChI=1S/C13H19NO2/c1-16-13(8-9-13)7-6-11-2-4-12(5-3-11)10-14-15/h2-5,14-15H,6-10H2,1H3. The zero-order chi connectivity index (χ0) is 11.4. The zero-order valence-electron chi connectivity index (χ0n) is 9.70. The van der Waals surface area contributed by atoms with Gasteiger partial charge >= 0.3 is 0 Å². The van der Waals surface area contributed by atoms with Crippen LogP contribution in [0.3, 0.4) is 0 Å². The first kappa shape index (κ1) is 11.6. The van der Waals surface area contributed by atoms with E-state index in [-0.39, 0.29) is 5.60 Å². The Morgan fingerprint density at radius 2 is 1.88 bits per heavy atom. The van der Waals surface area contributed by atoms with E-state index in [4.69, 9.17) is 9.94 Å². The maximum atomic E-state index is 8.57. The van der Waals surface area contributed by atoms with E-state index in [2.05, 4.69) is 17.6 Å². The first-order valence-corrected chi connectivity index (χ1v) is 5.78. The lowest BCUT2D eigenvalue weighted by atomic mass is 10.0. The summed E-state index contributed by atoms with van der Waals surface area (Å²) in [5.74, 6) is 0. The second-order valence-corrected chi connectivity index (χ2v) is 4.54. The van der Waals surface area contributed by atoms with Gasteiger partial charge < -0.3 is 9.94 Å². The molecule has 16 heavy (non-hydrogen) atoms. The van der Waals surface area contributed by atoms with E-state index >= 15 is 0 Å². The molecule has 0 atom stereocenters. The molecule has 0 aromatic heterocycles. The quantitative estimate of drug-likeness (QED) is 0.724. The highest BCUT2D eigenvalue weighted by Crippen LogP contribution is 2.42. The minimum Gasteiger partial charge on any atom is -0.378 e. The van der Waals surface area contributed by atoms with E-state index in [1.165, 1.54) is 18.4 Å². The summed E-state index contributed by atoms with van der Waals surface area (Å²) in [6, 6.07) is 8.34. The summed E-state index contributed by atoms with van der Waals surface area (Å²) in [6.45, 7) is 0.502. The molecule has 1 saturated carbocycles. The number of nitrogens with one attached hydrogen (secondary N) is 1. The maximum absolute atomic E-state index is 8.57. The SMILES string of the molecule is COC1(CCc2ccc(CNO)cc2)CC1. The third kappa shape index (κ3) is 2.82. The topological polar surface area (TPSA) is 41.5 Å². The summed E-state index contributed by atoms with van der Waals surface area (Å²) >= 11 is 0. The average Bonchev–Trinajstić information content (AvgIpc) is 3.09. The molecule has 0 saturated heterocycles. The van der Waals surface area contributed by atoms with Crippen LogP contribution in [0.2, 0.25) is 0 Å². The van der Waals surface area contributed by atoms with Crippen molar-refractivity contribution in [3.05, 3.63) is 35.4 Å². The molecule has 1 aliphatic rings. The van der Waals surface area contributed by atoms with E-state index in [0.29, 0.717) is 6.54 Å². The normalized spacial score (nSPS) is 17.4. The van der Waals surface area contributed by atoms with Gasteiger partial charge in [0, 0.05) is 13.7 Å². The predicted octanol–water partition coefficient (Wildman–Crippen LogP) is 2.28. The molecule has 1 aromatic carbocycles. The molecule has 0 heterocycles. The largest absolute Gasteiger partial charge is 0.378 e. The van der Waals surface area contributed by atoms with Gasteiger partial charge in [-0.15, -0.1) is 0 Å². The molecule has 3 heteroatoms. The Bertz CT molecular complexity index is 330. The van der Waals surface area contributed by atoms with Crippen molar-refractivity contribution in [3.8, 4) is 0 Å². The Hall–Kier alpha value is -0.900. The maximum Gasteiger partial charge on any atom is 0.0684 e. The van der Waals surface area contributed by atoms with Crippen molar-refractivity contribution in [1.29, 1.82) is 0 Å². The minimum atomic E-state index is 0.186. The fourth-order valence-electron chi connectivity index (χ4n) is 1.98. The lowest BCUT2D eigenvalue weighted by Crippen LogP contribution is -2.12. The van der Waals surface area contributed by atoms with Gasteiger partial charge in [-0.1, -0.05) is 24.3 Å². The van der Waals surface area contributed by atoms with Crippen molar-refractivity contribution in [2.75, 3.05) is 7.11 Å². The van der Waals surface area contributed by atoms with Crippen molar-refractivity contribution in [2.24, 2.45) is 0 Å². The third-order valence-corrected chi connectivity index (χ3v) is 3.42. The number of hydrogen-bond acceptors (Lipinski definition) is 3. The molecule has 0 amide bonds. The van der Waals surface area contributed by atoms with Crippen LogP contribution >= 0.6 is 0 Å². The van der Waals surface area contributed by atoms with Crippen LogP contribution in [0.4, 0.5) is 0 Å². The lowest BCUT2D eigenvalue weighted by molar-refractivity contribution is 0.0731. The number of aryl methyl sites for hydroxylation is 1. The van der Waals surface area contributed by atoms with Gasteiger partial charge in [0.1, 0.15) is 0 Å². The van der Waals surface area contributed by atoms with E-state index in [0.717, 1.165) is 18.4 Å². The van der Waals surface area contributed by atoms with Crippen molar-refractivity contribution in [3.63, 3.8) is 0 Å². The Morgan fingerprint density at radius 3 is 2.38 bits per heavy atom. The predicted molar refractivity (Wildman–Crippen MR) is 62.4 cm³/mol. The van der Waals surface area contributed by atoms with Crippen molar-refractivity contribution in [2.45, 2.75) is 37.8 Å². The van der Waals surface area contributed by atoms with Gasteiger partial charge in [-0.05, 0) is 36.8 Å². The van der Waals surface area contributed by atoms with Gasteiger partial charge in [0.05, 0.1) is 5.60 Å². The van der Waals surface area contributed by atoms with Crippen molar-refractivity contribution >= 4 is 0 Å². The molecule has 1 aromatic rings. The van der Waals surface area contributed by atoms with Crippen LogP contribution in [-0.2, 0) is 17.7 Å². The van der Waals surface area contributed by atoms with Crippen LogP contribution in [0, 0.1) is 0 Å². The van der Waals surface area contributed by atoms with Gasteiger partial charge in [-0.3, -0.25) is 0 Å². The molecule has 1 aliphatic carbocycles. The third-order valence-electron chi connectivity index (χ3n) is 3.42. The number of hydroxylamine groups is 1. The monoisotopic (exact) mass is 221 g/mol. The van der Waals surface area contributed by atoms with Crippen LogP contribution in [0.25, 0.3) is 0 Å². The van der Waals surface area contributed by atoms with Crippen LogP contribution < -0.4 is 5.48 Å². The Balaban J connectivity index is 1.85. The molecule has 1 fully saturated rings. The van der Waals surface area contributed by atoms with E-state index in [1.807, 2.05) is 19.2 Å². The van der Waals surface area contributed by atoms with E-state index in [1.54, 1.807) is 0 Å².